The van der Waals surface area contributed by atoms with E-state index in [4.69, 9.17) is 27.9 Å². The van der Waals surface area contributed by atoms with Gasteiger partial charge < -0.3 is 4.74 Å². The number of benzene rings is 2. The number of hydrogen-bond donors (Lipinski definition) is 0. The van der Waals surface area contributed by atoms with Crippen LogP contribution in [0.25, 0.3) is 33.8 Å². The average Bonchev–Trinajstić information content (AvgIpc) is 3.34. The van der Waals surface area contributed by atoms with Crippen LogP contribution in [0.3, 0.4) is 0 Å². The first-order chi connectivity index (χ1) is 13.6. The van der Waals surface area contributed by atoms with Gasteiger partial charge in [-0.25, -0.2) is 19.2 Å². The second kappa shape index (κ2) is 6.47. The lowest BCUT2D eigenvalue weighted by Crippen LogP contribution is -1.99. The van der Waals surface area contributed by atoms with Crippen LogP contribution in [0.1, 0.15) is 0 Å². The van der Waals surface area contributed by atoms with Crippen molar-refractivity contribution < 1.29 is 4.74 Å². The summed E-state index contributed by atoms with van der Waals surface area (Å²) in [5, 5.41) is 10.7. The molecule has 28 heavy (non-hydrogen) atoms. The Bertz CT molecular complexity index is 1330. The summed E-state index contributed by atoms with van der Waals surface area (Å²) >= 11 is 12.2. The van der Waals surface area contributed by atoms with Crippen molar-refractivity contribution in [2.24, 2.45) is 0 Å². The molecule has 0 aliphatic heterocycles. The molecule has 5 rings (SSSR count). The monoisotopic (exact) mass is 410 g/mol. The zero-order valence-corrected chi connectivity index (χ0v) is 16.1. The first-order valence-electron chi connectivity index (χ1n) is 8.33. The highest BCUT2D eigenvalue weighted by molar-refractivity contribution is 6.42. The summed E-state index contributed by atoms with van der Waals surface area (Å²) in [5.41, 5.74) is 2.97. The van der Waals surface area contributed by atoms with Crippen LogP contribution in [0, 0.1) is 0 Å². The zero-order chi connectivity index (χ0) is 19.3. The van der Waals surface area contributed by atoms with E-state index in [0.717, 1.165) is 22.4 Å². The van der Waals surface area contributed by atoms with E-state index in [1.807, 2.05) is 30.3 Å². The molecule has 0 spiro atoms. The molecule has 7 nitrogen and oxygen atoms in total. The summed E-state index contributed by atoms with van der Waals surface area (Å²) in [6.07, 6.45) is 3.33. The van der Waals surface area contributed by atoms with E-state index in [0.29, 0.717) is 27.2 Å². The Hall–Kier alpha value is -3.16. The molecule has 5 aromatic rings. The van der Waals surface area contributed by atoms with Crippen molar-refractivity contribution in [3.8, 4) is 22.8 Å². The van der Waals surface area contributed by atoms with Crippen molar-refractivity contribution in [2.45, 2.75) is 0 Å². The second-order valence-corrected chi connectivity index (χ2v) is 6.88. The predicted molar refractivity (Wildman–Crippen MR) is 107 cm³/mol. The maximum Gasteiger partial charge on any atom is 0.182 e. The Balaban J connectivity index is 1.65. The van der Waals surface area contributed by atoms with Gasteiger partial charge in [-0.2, -0.15) is 5.10 Å². The molecule has 138 valence electrons. The van der Waals surface area contributed by atoms with E-state index in [2.05, 4.69) is 20.2 Å². The van der Waals surface area contributed by atoms with Gasteiger partial charge >= 0.3 is 0 Å². The van der Waals surface area contributed by atoms with Crippen molar-refractivity contribution in [2.75, 3.05) is 7.11 Å². The first kappa shape index (κ1) is 17.0. The fourth-order valence-electron chi connectivity index (χ4n) is 2.99. The normalized spacial score (nSPS) is 11.4. The third-order valence-corrected chi connectivity index (χ3v) is 5.14. The maximum atomic E-state index is 6.14. The number of methoxy groups -OCH3 is 1. The molecule has 0 radical (unpaired) electrons. The van der Waals surface area contributed by atoms with Crippen LogP contribution in [-0.2, 0) is 0 Å². The van der Waals surface area contributed by atoms with E-state index in [1.165, 1.54) is 0 Å². The van der Waals surface area contributed by atoms with Crippen molar-refractivity contribution >= 4 is 39.9 Å². The van der Waals surface area contributed by atoms with Crippen LogP contribution < -0.4 is 4.74 Å². The molecule has 0 saturated heterocycles. The minimum Gasteiger partial charge on any atom is -0.497 e. The minimum absolute atomic E-state index is 0.452. The van der Waals surface area contributed by atoms with Gasteiger partial charge in [0.1, 0.15) is 12.1 Å². The molecule has 0 atom stereocenters. The first-order valence-corrected chi connectivity index (χ1v) is 9.08. The Morgan fingerprint density at radius 3 is 2.54 bits per heavy atom. The summed E-state index contributed by atoms with van der Waals surface area (Å²) < 4.78 is 8.53. The van der Waals surface area contributed by atoms with Gasteiger partial charge in [-0.15, -0.1) is 5.10 Å². The van der Waals surface area contributed by atoms with Gasteiger partial charge in [-0.3, -0.25) is 0 Å². The summed E-state index contributed by atoms with van der Waals surface area (Å²) in [6, 6.07) is 12.9. The van der Waals surface area contributed by atoms with Crippen LogP contribution in [0.5, 0.6) is 5.75 Å². The van der Waals surface area contributed by atoms with Crippen molar-refractivity contribution in [1.82, 2.24) is 29.4 Å². The minimum atomic E-state index is 0.452. The fourth-order valence-corrected chi connectivity index (χ4v) is 3.28. The molecule has 0 aliphatic rings. The van der Waals surface area contributed by atoms with Crippen LogP contribution in [0.15, 0.2) is 55.0 Å². The average molecular weight is 411 g/mol. The Morgan fingerprint density at radius 1 is 0.964 bits per heavy atom. The smallest absolute Gasteiger partial charge is 0.182 e. The lowest BCUT2D eigenvalue weighted by Gasteiger charge is -2.04. The second-order valence-electron chi connectivity index (χ2n) is 6.07. The molecule has 3 aromatic heterocycles. The van der Waals surface area contributed by atoms with Gasteiger partial charge in [0.2, 0.25) is 0 Å². The fraction of sp³-hybridized carbons (Fsp3) is 0.0526. The Labute approximate surface area is 169 Å². The molecular formula is C19H12Cl2N6O. The number of ether oxygens (including phenoxy) is 1. The van der Waals surface area contributed by atoms with Gasteiger partial charge in [0.15, 0.2) is 17.1 Å². The number of hydrogen-bond acceptors (Lipinski definition) is 5. The summed E-state index contributed by atoms with van der Waals surface area (Å²) in [5.74, 6) is 1.37. The molecular weight excluding hydrogens is 399 g/mol. The highest BCUT2D eigenvalue weighted by Gasteiger charge is 2.15. The van der Waals surface area contributed by atoms with Crippen molar-refractivity contribution in [1.29, 1.82) is 0 Å². The number of nitrogens with zero attached hydrogens (tertiary/aromatic N) is 6. The number of rotatable bonds is 3. The van der Waals surface area contributed by atoms with Crippen LogP contribution in [0.4, 0.5) is 0 Å². The van der Waals surface area contributed by atoms with E-state index in [-0.39, 0.29) is 0 Å². The van der Waals surface area contributed by atoms with Gasteiger partial charge in [-0.1, -0.05) is 23.2 Å². The van der Waals surface area contributed by atoms with Gasteiger partial charge in [-0.05, 0) is 42.5 Å². The zero-order valence-electron chi connectivity index (χ0n) is 14.5. The van der Waals surface area contributed by atoms with Crippen LogP contribution >= 0.6 is 23.2 Å². The molecule has 0 amide bonds. The Kier molecular flexibility index (Phi) is 3.92. The molecule has 0 aliphatic carbocycles. The maximum absolute atomic E-state index is 6.14. The van der Waals surface area contributed by atoms with E-state index in [1.54, 1.807) is 41.0 Å². The quantitative estimate of drug-likeness (QED) is 0.439. The number of fused-ring (bicyclic) bond motifs is 3. The van der Waals surface area contributed by atoms with Gasteiger partial charge in [0.25, 0.3) is 0 Å². The van der Waals surface area contributed by atoms with E-state index < -0.39 is 0 Å². The van der Waals surface area contributed by atoms with Gasteiger partial charge in [0, 0.05) is 5.56 Å². The molecule has 2 aromatic carbocycles. The largest absolute Gasteiger partial charge is 0.497 e. The molecule has 0 saturated carbocycles. The summed E-state index contributed by atoms with van der Waals surface area (Å²) in [4.78, 5) is 9.17. The molecule has 0 fully saturated rings. The number of aromatic nitrogens is 6. The standard InChI is InChI=1S/C19H12Cl2N6O/c1-28-13-5-2-11(3-6-13)17-24-19-14-9-23-27(18(14)22-10-26(19)25-17)12-4-7-15(20)16(21)8-12/h2-10H,1H3. The molecule has 3 heterocycles. The predicted octanol–water partition coefficient (Wildman–Crippen LogP) is 4.45. The topological polar surface area (TPSA) is 70.1 Å². The Morgan fingerprint density at radius 2 is 1.79 bits per heavy atom. The molecule has 0 N–H and O–H groups in total. The lowest BCUT2D eigenvalue weighted by atomic mass is 10.2. The van der Waals surface area contributed by atoms with Crippen molar-refractivity contribution in [3.05, 3.63) is 65.0 Å². The molecule has 0 bridgehead atoms. The van der Waals surface area contributed by atoms with E-state index in [9.17, 15) is 0 Å². The van der Waals surface area contributed by atoms with Crippen LogP contribution in [-0.4, -0.2) is 36.5 Å². The van der Waals surface area contributed by atoms with Crippen molar-refractivity contribution in [3.63, 3.8) is 0 Å². The van der Waals surface area contributed by atoms with E-state index >= 15 is 0 Å². The molecule has 9 heteroatoms. The van der Waals surface area contributed by atoms with Crippen LogP contribution in [0.2, 0.25) is 10.0 Å². The third-order valence-electron chi connectivity index (χ3n) is 4.40. The SMILES string of the molecule is COc1ccc(-c2nc3c4cnn(-c5ccc(Cl)c(Cl)c5)c4ncn3n2)cc1. The summed E-state index contributed by atoms with van der Waals surface area (Å²) in [6.45, 7) is 0. The number of halogens is 2. The highest BCUT2D eigenvalue weighted by Crippen LogP contribution is 2.27. The lowest BCUT2D eigenvalue weighted by molar-refractivity contribution is 0.415. The third kappa shape index (κ3) is 2.67. The highest BCUT2D eigenvalue weighted by atomic mass is 35.5. The summed E-state index contributed by atoms with van der Waals surface area (Å²) in [7, 11) is 1.63. The van der Waals surface area contributed by atoms with Gasteiger partial charge in [0.05, 0.1) is 34.4 Å². The molecule has 0 unspecified atom stereocenters.